The van der Waals surface area contributed by atoms with E-state index >= 15 is 0 Å². The highest BCUT2D eigenvalue weighted by Gasteiger charge is 2.32. The number of hydrogen-bond donors (Lipinski definition) is 0. The number of ether oxygens (including phenoxy) is 1. The summed E-state index contributed by atoms with van der Waals surface area (Å²) in [6, 6.07) is 8.46. The van der Waals surface area contributed by atoms with Gasteiger partial charge in [-0.05, 0) is 47.7 Å². The molecule has 1 nitrogen and oxygen atoms in total. The first kappa shape index (κ1) is 19.6. The van der Waals surface area contributed by atoms with Crippen molar-refractivity contribution in [1.29, 1.82) is 0 Å². The summed E-state index contributed by atoms with van der Waals surface area (Å²) in [6.07, 6.45) is -4.54. The van der Waals surface area contributed by atoms with Gasteiger partial charge in [0.05, 0.1) is 5.56 Å². The number of fused-ring (bicyclic) bond motifs is 1. The Kier molecular flexibility index (Phi) is 5.23. The summed E-state index contributed by atoms with van der Waals surface area (Å²) in [6.45, 7) is 1.76. The van der Waals surface area contributed by atoms with E-state index in [-0.39, 0.29) is 10.8 Å². The molecule has 144 valence electrons. The molecule has 0 unspecified atom stereocenters. The van der Waals surface area contributed by atoms with Gasteiger partial charge in [0, 0.05) is 10.9 Å². The second-order valence-corrected chi connectivity index (χ2v) is 5.90. The van der Waals surface area contributed by atoms with Gasteiger partial charge in [-0.1, -0.05) is 30.9 Å². The maximum atomic E-state index is 14.2. The molecule has 0 N–H and O–H groups in total. The molecule has 0 aliphatic carbocycles. The predicted octanol–water partition coefficient (Wildman–Crippen LogP) is 6.12. The van der Waals surface area contributed by atoms with Crippen molar-refractivity contribution in [3.8, 4) is 17.6 Å². The van der Waals surface area contributed by atoms with Crippen molar-refractivity contribution in [2.45, 2.75) is 19.7 Å². The van der Waals surface area contributed by atoms with Crippen molar-refractivity contribution >= 4 is 10.8 Å². The molecule has 0 spiro atoms. The van der Waals surface area contributed by atoms with Crippen LogP contribution in [0.2, 0.25) is 0 Å². The van der Waals surface area contributed by atoms with Gasteiger partial charge in [0.1, 0.15) is 11.6 Å². The largest absolute Gasteiger partial charge is 0.573 e. The normalized spacial score (nSPS) is 11.2. The van der Waals surface area contributed by atoms with Crippen LogP contribution in [-0.4, -0.2) is 6.36 Å². The zero-order valence-corrected chi connectivity index (χ0v) is 14.4. The fourth-order valence-corrected chi connectivity index (χ4v) is 2.64. The van der Waals surface area contributed by atoms with E-state index in [2.05, 4.69) is 16.6 Å². The summed E-state index contributed by atoms with van der Waals surface area (Å²) >= 11 is 0. The van der Waals surface area contributed by atoms with E-state index in [0.29, 0.717) is 17.5 Å². The van der Waals surface area contributed by atoms with Crippen LogP contribution in [0.15, 0.2) is 42.5 Å². The molecule has 7 heteroatoms. The van der Waals surface area contributed by atoms with E-state index in [0.717, 1.165) is 6.07 Å². The smallest absolute Gasteiger partial charge is 0.403 e. The second kappa shape index (κ2) is 7.47. The molecule has 0 heterocycles. The minimum atomic E-state index is -5.01. The van der Waals surface area contributed by atoms with Crippen molar-refractivity contribution < 1.29 is 31.1 Å². The Labute approximate surface area is 156 Å². The SMILES string of the molecule is CCc1cc(F)c(C#Cc2ccc3c(F)c(OC(F)(F)F)ccc3c2)c(F)c1. The van der Waals surface area contributed by atoms with Gasteiger partial charge in [-0.25, -0.2) is 13.2 Å². The van der Waals surface area contributed by atoms with Gasteiger partial charge in [0.15, 0.2) is 11.6 Å². The minimum absolute atomic E-state index is 0.100. The maximum absolute atomic E-state index is 14.2. The molecule has 0 atom stereocenters. The summed E-state index contributed by atoms with van der Waals surface area (Å²) in [7, 11) is 0. The summed E-state index contributed by atoms with van der Waals surface area (Å²) in [5.41, 5.74) is 0.422. The van der Waals surface area contributed by atoms with E-state index in [9.17, 15) is 26.3 Å². The summed E-state index contributed by atoms with van der Waals surface area (Å²) < 4.78 is 82.7. The number of benzene rings is 3. The average molecular weight is 394 g/mol. The van der Waals surface area contributed by atoms with E-state index in [1.807, 2.05) is 0 Å². The molecule has 0 fully saturated rings. The van der Waals surface area contributed by atoms with E-state index < -0.39 is 35.1 Å². The van der Waals surface area contributed by atoms with Crippen molar-refractivity contribution in [1.82, 2.24) is 0 Å². The van der Waals surface area contributed by atoms with Gasteiger partial charge >= 0.3 is 6.36 Å². The lowest BCUT2D eigenvalue weighted by molar-refractivity contribution is -0.275. The lowest BCUT2D eigenvalue weighted by Gasteiger charge is -2.11. The molecule has 0 amide bonds. The van der Waals surface area contributed by atoms with Crippen molar-refractivity contribution in [2.75, 3.05) is 0 Å². The van der Waals surface area contributed by atoms with Crippen LogP contribution in [0.4, 0.5) is 26.3 Å². The van der Waals surface area contributed by atoms with E-state index in [4.69, 9.17) is 0 Å². The predicted molar refractivity (Wildman–Crippen MR) is 92.3 cm³/mol. The third kappa shape index (κ3) is 4.22. The molecular weight excluding hydrogens is 382 g/mol. The third-order valence-corrected chi connectivity index (χ3v) is 3.99. The molecule has 3 aromatic rings. The quantitative estimate of drug-likeness (QED) is 0.376. The van der Waals surface area contributed by atoms with Crippen LogP contribution in [0.25, 0.3) is 10.8 Å². The van der Waals surface area contributed by atoms with Crippen LogP contribution >= 0.6 is 0 Å². The lowest BCUT2D eigenvalue weighted by atomic mass is 10.0. The first-order valence-electron chi connectivity index (χ1n) is 8.16. The minimum Gasteiger partial charge on any atom is -0.403 e. The molecule has 0 saturated carbocycles. The second-order valence-electron chi connectivity index (χ2n) is 5.90. The number of alkyl halides is 3. The van der Waals surface area contributed by atoms with E-state index in [1.165, 1.54) is 36.4 Å². The Balaban J connectivity index is 1.97. The monoisotopic (exact) mass is 394 g/mol. The molecule has 28 heavy (non-hydrogen) atoms. The van der Waals surface area contributed by atoms with Gasteiger partial charge in [-0.3, -0.25) is 0 Å². The summed E-state index contributed by atoms with van der Waals surface area (Å²) in [5, 5.41) is 0.165. The Morgan fingerprint density at radius 3 is 2.18 bits per heavy atom. The van der Waals surface area contributed by atoms with Gasteiger partial charge in [-0.15, -0.1) is 13.2 Å². The number of aryl methyl sites for hydroxylation is 1. The highest BCUT2D eigenvalue weighted by Crippen LogP contribution is 2.31. The maximum Gasteiger partial charge on any atom is 0.573 e. The zero-order valence-electron chi connectivity index (χ0n) is 14.4. The average Bonchev–Trinajstić information content (AvgIpc) is 2.62. The Bertz CT molecular complexity index is 1080. The van der Waals surface area contributed by atoms with Crippen LogP contribution < -0.4 is 4.74 Å². The summed E-state index contributed by atoms with van der Waals surface area (Å²) in [4.78, 5) is 0. The zero-order chi connectivity index (χ0) is 20.5. The van der Waals surface area contributed by atoms with Gasteiger partial charge < -0.3 is 4.74 Å². The Hall–Kier alpha value is -3.14. The highest BCUT2D eigenvalue weighted by atomic mass is 19.4. The molecule has 0 radical (unpaired) electrons. The molecule has 0 saturated heterocycles. The highest BCUT2D eigenvalue weighted by molar-refractivity contribution is 5.86. The van der Waals surface area contributed by atoms with Crippen molar-refractivity contribution in [3.63, 3.8) is 0 Å². The van der Waals surface area contributed by atoms with Crippen molar-refractivity contribution in [3.05, 3.63) is 76.6 Å². The first-order valence-corrected chi connectivity index (χ1v) is 8.16. The third-order valence-electron chi connectivity index (χ3n) is 3.99. The van der Waals surface area contributed by atoms with Crippen LogP contribution in [0.1, 0.15) is 23.6 Å². The standard InChI is InChI=1S/C21H12F6O/c1-2-12-10-17(22)16(18(23)11-12)7-4-13-3-6-15-14(9-13)5-8-19(20(15)24)28-21(25,26)27/h3,5-6,8-11H,2H2,1H3. The molecular formula is C21H12F6O. The van der Waals surface area contributed by atoms with Gasteiger partial charge in [-0.2, -0.15) is 0 Å². The molecule has 0 aliphatic rings. The van der Waals surface area contributed by atoms with E-state index in [1.54, 1.807) is 6.92 Å². The number of hydrogen-bond acceptors (Lipinski definition) is 1. The molecule has 0 aromatic heterocycles. The number of halogens is 6. The van der Waals surface area contributed by atoms with Crippen molar-refractivity contribution in [2.24, 2.45) is 0 Å². The Morgan fingerprint density at radius 2 is 1.57 bits per heavy atom. The van der Waals surface area contributed by atoms with Crippen LogP contribution in [0, 0.1) is 29.3 Å². The van der Waals surface area contributed by atoms with Crippen LogP contribution in [0.3, 0.4) is 0 Å². The topological polar surface area (TPSA) is 9.23 Å². The summed E-state index contributed by atoms with van der Waals surface area (Å²) in [5.74, 6) is 1.30. The van der Waals surface area contributed by atoms with Gasteiger partial charge in [0.25, 0.3) is 0 Å². The fourth-order valence-electron chi connectivity index (χ4n) is 2.64. The molecule has 3 rings (SSSR count). The van der Waals surface area contributed by atoms with Crippen LogP contribution in [-0.2, 0) is 6.42 Å². The molecule has 0 aliphatic heterocycles. The molecule has 3 aromatic carbocycles. The van der Waals surface area contributed by atoms with Gasteiger partial charge in [0.2, 0.25) is 0 Å². The first-order chi connectivity index (χ1) is 13.2. The Morgan fingerprint density at radius 1 is 0.893 bits per heavy atom. The van der Waals surface area contributed by atoms with Crippen LogP contribution in [0.5, 0.6) is 5.75 Å². The number of rotatable bonds is 2. The lowest BCUT2D eigenvalue weighted by Crippen LogP contribution is -2.17. The fraction of sp³-hybridized carbons (Fsp3) is 0.143. The molecule has 0 bridgehead atoms.